The molecule has 8 heteroatoms. The summed E-state index contributed by atoms with van der Waals surface area (Å²) in [6.07, 6.45) is 2.94. The molecule has 0 spiro atoms. The van der Waals surface area contributed by atoms with E-state index in [9.17, 15) is 13.2 Å². The number of fused-ring (bicyclic) bond motifs is 2. The smallest absolute Gasteiger partial charge is 0.265 e. The Balaban J connectivity index is 0.00000180. The van der Waals surface area contributed by atoms with E-state index in [0.29, 0.717) is 10.6 Å². The van der Waals surface area contributed by atoms with Gasteiger partial charge in [0.2, 0.25) is 5.91 Å². The summed E-state index contributed by atoms with van der Waals surface area (Å²) in [5, 5.41) is 4.99. The zero-order valence-electron chi connectivity index (χ0n) is 14.8. The number of benzene rings is 2. The highest BCUT2D eigenvalue weighted by Crippen LogP contribution is 2.42. The van der Waals surface area contributed by atoms with Crippen molar-refractivity contribution in [1.29, 1.82) is 0 Å². The van der Waals surface area contributed by atoms with Crippen molar-refractivity contribution in [3.05, 3.63) is 36.4 Å². The van der Waals surface area contributed by atoms with E-state index in [1.165, 1.54) is 4.31 Å². The first kappa shape index (κ1) is 18.5. The summed E-state index contributed by atoms with van der Waals surface area (Å²) >= 11 is 0. The van der Waals surface area contributed by atoms with Crippen molar-refractivity contribution < 1.29 is 13.2 Å². The molecular weight excluding hydrogens is 386 g/mol. The summed E-state index contributed by atoms with van der Waals surface area (Å²) in [5.74, 6) is -0.0883. The molecule has 3 aliphatic rings. The highest BCUT2D eigenvalue weighted by atomic mass is 35.5. The summed E-state index contributed by atoms with van der Waals surface area (Å²) in [6.45, 7) is 1.59. The van der Waals surface area contributed by atoms with Crippen molar-refractivity contribution in [3.63, 3.8) is 0 Å². The fraction of sp³-hybridized carbons (Fsp3) is 0.421. The van der Waals surface area contributed by atoms with E-state index >= 15 is 0 Å². The molecule has 1 N–H and O–H groups in total. The summed E-state index contributed by atoms with van der Waals surface area (Å²) in [5.41, 5.74) is 0.617. The molecule has 144 valence electrons. The zero-order chi connectivity index (χ0) is 17.9. The molecule has 0 radical (unpaired) electrons. The first-order valence-electron chi connectivity index (χ1n) is 9.14. The normalized spacial score (nSPS) is 25.3. The van der Waals surface area contributed by atoms with Crippen LogP contribution in [0.15, 0.2) is 41.3 Å². The molecule has 6 nitrogen and oxygen atoms in total. The van der Waals surface area contributed by atoms with Crippen LogP contribution in [0.3, 0.4) is 0 Å². The van der Waals surface area contributed by atoms with Gasteiger partial charge in [-0.1, -0.05) is 24.3 Å². The van der Waals surface area contributed by atoms with Crippen molar-refractivity contribution in [2.45, 2.75) is 36.2 Å². The standard InChI is InChI=1S/C19H21N3O3S.ClH/c23-18(22-14-7-8-15(22)11-20-10-9-14)12-21-16-5-1-3-13-4-2-6-17(19(13)16)26(21,24)25;/h1-6,14-15,20H,7-12H2;1H. The van der Waals surface area contributed by atoms with Gasteiger partial charge in [0.15, 0.2) is 0 Å². The number of hydrogen-bond donors (Lipinski definition) is 1. The van der Waals surface area contributed by atoms with E-state index in [4.69, 9.17) is 0 Å². The van der Waals surface area contributed by atoms with Crippen LogP contribution in [-0.4, -0.2) is 50.9 Å². The molecule has 27 heavy (non-hydrogen) atoms. The van der Waals surface area contributed by atoms with Crippen LogP contribution in [-0.2, 0) is 14.8 Å². The average Bonchev–Trinajstić information content (AvgIpc) is 3.01. The number of halogens is 1. The minimum Gasteiger partial charge on any atom is -0.334 e. The number of nitrogens with one attached hydrogen (secondary N) is 1. The van der Waals surface area contributed by atoms with Gasteiger partial charge in [-0.2, -0.15) is 0 Å². The number of nitrogens with zero attached hydrogens (tertiary/aromatic N) is 2. The maximum atomic E-state index is 13.1. The molecule has 2 unspecified atom stereocenters. The fourth-order valence-corrected chi connectivity index (χ4v) is 6.38. The number of carbonyl (C=O) groups is 1. The molecule has 2 bridgehead atoms. The number of hydrogen-bond acceptors (Lipinski definition) is 4. The van der Waals surface area contributed by atoms with Crippen molar-refractivity contribution in [2.24, 2.45) is 0 Å². The second-order valence-electron chi connectivity index (χ2n) is 7.32. The SMILES string of the molecule is Cl.O=C(CN1c2cccc3cccc(c23)S1(=O)=O)N1C2CCNCC1CC2. The highest BCUT2D eigenvalue weighted by molar-refractivity contribution is 7.93. The quantitative estimate of drug-likeness (QED) is 0.827. The van der Waals surface area contributed by atoms with E-state index in [1.807, 2.05) is 23.1 Å². The molecule has 1 amide bonds. The lowest BCUT2D eigenvalue weighted by Gasteiger charge is -2.30. The van der Waals surface area contributed by atoms with E-state index in [1.54, 1.807) is 18.2 Å². The van der Waals surface area contributed by atoms with Crippen molar-refractivity contribution in [2.75, 3.05) is 23.9 Å². The summed E-state index contributed by atoms with van der Waals surface area (Å²) in [6, 6.07) is 11.2. The topological polar surface area (TPSA) is 69.7 Å². The lowest BCUT2D eigenvalue weighted by molar-refractivity contribution is -0.132. The highest BCUT2D eigenvalue weighted by Gasteiger charge is 2.42. The summed E-state index contributed by atoms with van der Waals surface area (Å²) in [4.78, 5) is 15.4. The van der Waals surface area contributed by atoms with Gasteiger partial charge >= 0.3 is 0 Å². The van der Waals surface area contributed by atoms with Crippen LogP contribution in [0.25, 0.3) is 10.8 Å². The third kappa shape index (κ3) is 2.71. The molecule has 2 saturated heterocycles. The molecule has 2 aromatic carbocycles. The molecule has 0 aromatic heterocycles. The molecule has 2 fully saturated rings. The Morgan fingerprint density at radius 1 is 1.07 bits per heavy atom. The third-order valence-corrected chi connectivity index (χ3v) is 7.70. The van der Waals surface area contributed by atoms with Gasteiger partial charge in [-0.3, -0.25) is 9.10 Å². The zero-order valence-corrected chi connectivity index (χ0v) is 16.4. The third-order valence-electron chi connectivity index (χ3n) is 5.90. The second-order valence-corrected chi connectivity index (χ2v) is 9.15. The first-order valence-corrected chi connectivity index (χ1v) is 10.6. The first-order chi connectivity index (χ1) is 12.6. The Hall–Kier alpha value is -1.83. The maximum absolute atomic E-state index is 13.1. The van der Waals surface area contributed by atoms with Crippen molar-refractivity contribution in [1.82, 2.24) is 10.2 Å². The van der Waals surface area contributed by atoms with Crippen molar-refractivity contribution >= 4 is 44.8 Å². The Labute approximate surface area is 165 Å². The van der Waals surface area contributed by atoms with Crippen LogP contribution in [0, 0.1) is 0 Å². The summed E-state index contributed by atoms with van der Waals surface area (Å²) in [7, 11) is -3.69. The van der Waals surface area contributed by atoms with E-state index in [2.05, 4.69) is 5.32 Å². The molecule has 3 heterocycles. The maximum Gasteiger partial charge on any atom is 0.265 e. The van der Waals surface area contributed by atoms with E-state index < -0.39 is 10.0 Å². The van der Waals surface area contributed by atoms with Gasteiger partial charge in [-0.05, 0) is 43.3 Å². The number of rotatable bonds is 2. The molecule has 2 aromatic rings. The van der Waals surface area contributed by atoms with Gasteiger partial charge < -0.3 is 10.2 Å². The van der Waals surface area contributed by atoms with E-state index in [-0.39, 0.29) is 36.9 Å². The Morgan fingerprint density at radius 3 is 2.63 bits per heavy atom. The molecule has 0 aliphatic carbocycles. The van der Waals surface area contributed by atoms with Crippen LogP contribution < -0.4 is 9.62 Å². The monoisotopic (exact) mass is 407 g/mol. The second kappa shape index (κ2) is 6.65. The lowest BCUT2D eigenvalue weighted by Crippen LogP contribution is -2.48. The van der Waals surface area contributed by atoms with Crippen LogP contribution in [0.4, 0.5) is 5.69 Å². The van der Waals surface area contributed by atoms with Crippen LogP contribution in [0.2, 0.25) is 0 Å². The van der Waals surface area contributed by atoms with Gasteiger partial charge in [0, 0.05) is 24.0 Å². The molecule has 2 atom stereocenters. The fourth-order valence-electron chi connectivity index (χ4n) is 4.72. The van der Waals surface area contributed by atoms with Gasteiger partial charge in [-0.15, -0.1) is 12.4 Å². The molecular formula is C19H22ClN3O3S. The molecule has 5 rings (SSSR count). The Kier molecular flexibility index (Phi) is 4.56. The Bertz CT molecular complexity index is 991. The number of anilines is 1. The van der Waals surface area contributed by atoms with Gasteiger partial charge in [0.05, 0.1) is 10.6 Å². The van der Waals surface area contributed by atoms with Gasteiger partial charge in [0.1, 0.15) is 6.54 Å². The predicted molar refractivity (Wildman–Crippen MR) is 107 cm³/mol. The van der Waals surface area contributed by atoms with Gasteiger partial charge in [0.25, 0.3) is 10.0 Å². The van der Waals surface area contributed by atoms with Crippen LogP contribution in [0.5, 0.6) is 0 Å². The van der Waals surface area contributed by atoms with Crippen molar-refractivity contribution in [3.8, 4) is 0 Å². The Morgan fingerprint density at radius 2 is 1.81 bits per heavy atom. The number of carbonyl (C=O) groups excluding carboxylic acids is 1. The number of sulfonamides is 1. The number of amides is 1. The van der Waals surface area contributed by atoms with Crippen LogP contribution in [0.1, 0.15) is 19.3 Å². The average molecular weight is 408 g/mol. The van der Waals surface area contributed by atoms with Crippen LogP contribution >= 0.6 is 12.4 Å². The predicted octanol–water partition coefficient (Wildman–Crippen LogP) is 2.12. The molecule has 0 saturated carbocycles. The lowest BCUT2D eigenvalue weighted by atomic mass is 10.1. The minimum atomic E-state index is -3.69. The molecule has 3 aliphatic heterocycles. The van der Waals surface area contributed by atoms with Gasteiger partial charge in [-0.25, -0.2) is 8.42 Å². The van der Waals surface area contributed by atoms with E-state index in [0.717, 1.165) is 43.1 Å². The summed E-state index contributed by atoms with van der Waals surface area (Å²) < 4.78 is 27.4. The largest absolute Gasteiger partial charge is 0.334 e. The minimum absolute atomic E-state index is 0.